The van der Waals surface area contributed by atoms with Gasteiger partial charge in [-0.1, -0.05) is 30.3 Å². The lowest BCUT2D eigenvalue weighted by Crippen LogP contribution is -2.16. The Morgan fingerprint density at radius 1 is 1.04 bits per heavy atom. The molecule has 0 fully saturated rings. The molecule has 2 aromatic carbocycles. The molecule has 6 heteroatoms. The van der Waals surface area contributed by atoms with Crippen molar-refractivity contribution in [2.75, 3.05) is 17.7 Å². The lowest BCUT2D eigenvalue weighted by molar-refractivity contribution is 0.102. The van der Waals surface area contributed by atoms with Gasteiger partial charge in [-0.3, -0.25) is 4.79 Å². The summed E-state index contributed by atoms with van der Waals surface area (Å²) < 4.78 is 5.35. The first-order valence-electron chi connectivity index (χ1n) is 8.64. The van der Waals surface area contributed by atoms with Gasteiger partial charge in [-0.15, -0.1) is 0 Å². The first-order valence-corrected chi connectivity index (χ1v) is 8.64. The molecular formula is C21H22N4O2. The topological polar surface area (TPSA) is 76.1 Å². The molecule has 0 radical (unpaired) electrons. The third-order valence-corrected chi connectivity index (χ3v) is 3.99. The summed E-state index contributed by atoms with van der Waals surface area (Å²) in [7, 11) is 1.63. The molecule has 3 aromatic rings. The number of ether oxygens (including phenoxy) is 1. The number of benzene rings is 2. The molecule has 1 heterocycles. The Bertz CT molecular complexity index is 956. The second-order valence-electron chi connectivity index (χ2n) is 6.21. The second-order valence-corrected chi connectivity index (χ2v) is 6.21. The number of methoxy groups -OCH3 is 1. The van der Waals surface area contributed by atoms with Gasteiger partial charge in [-0.25, -0.2) is 9.97 Å². The Hall–Kier alpha value is -3.41. The molecule has 0 saturated heterocycles. The van der Waals surface area contributed by atoms with Crippen LogP contribution in [0.5, 0.6) is 5.75 Å². The third kappa shape index (κ3) is 4.82. The number of aromatic nitrogens is 2. The van der Waals surface area contributed by atoms with Gasteiger partial charge in [0.1, 0.15) is 11.4 Å². The Morgan fingerprint density at radius 2 is 1.85 bits per heavy atom. The van der Waals surface area contributed by atoms with Crippen LogP contribution in [0, 0.1) is 13.8 Å². The number of hydrogen-bond acceptors (Lipinski definition) is 5. The molecule has 0 saturated carbocycles. The molecule has 1 aromatic heterocycles. The van der Waals surface area contributed by atoms with Crippen LogP contribution in [0.3, 0.4) is 0 Å². The summed E-state index contributed by atoms with van der Waals surface area (Å²) in [4.78, 5) is 21.3. The van der Waals surface area contributed by atoms with Crippen molar-refractivity contribution in [3.63, 3.8) is 0 Å². The van der Waals surface area contributed by atoms with E-state index in [1.165, 1.54) is 0 Å². The molecule has 0 unspecified atom stereocenters. The first kappa shape index (κ1) is 18.4. The van der Waals surface area contributed by atoms with E-state index in [9.17, 15) is 4.79 Å². The van der Waals surface area contributed by atoms with E-state index >= 15 is 0 Å². The van der Waals surface area contributed by atoms with Crippen molar-refractivity contribution in [2.24, 2.45) is 0 Å². The summed E-state index contributed by atoms with van der Waals surface area (Å²) in [5.74, 6) is 0.914. The monoisotopic (exact) mass is 362 g/mol. The molecule has 0 atom stereocenters. The molecule has 0 aliphatic heterocycles. The van der Waals surface area contributed by atoms with Crippen LogP contribution in [-0.4, -0.2) is 23.0 Å². The van der Waals surface area contributed by atoms with Crippen LogP contribution in [-0.2, 0) is 6.54 Å². The Balaban J connectivity index is 1.74. The number of nitrogens with zero attached hydrogens (tertiary/aromatic N) is 2. The molecule has 0 aliphatic carbocycles. The van der Waals surface area contributed by atoms with E-state index in [0.717, 1.165) is 22.6 Å². The van der Waals surface area contributed by atoms with Crippen LogP contribution in [0.4, 0.5) is 11.6 Å². The van der Waals surface area contributed by atoms with Crippen molar-refractivity contribution in [3.8, 4) is 5.75 Å². The van der Waals surface area contributed by atoms with Gasteiger partial charge >= 0.3 is 0 Å². The minimum Gasteiger partial charge on any atom is -0.496 e. The maximum Gasteiger partial charge on any atom is 0.274 e. The number of nitrogens with one attached hydrogen (secondary N) is 2. The van der Waals surface area contributed by atoms with Gasteiger partial charge in [0.25, 0.3) is 5.91 Å². The Morgan fingerprint density at radius 3 is 2.63 bits per heavy atom. The maximum atomic E-state index is 12.6. The number of amides is 1. The standard InChI is InChI=1S/C21H22N4O2/c1-14-7-6-9-17(11-14)24-20(26)18-12-15(2)23-21(25-18)22-13-16-8-4-5-10-19(16)27-3/h4-12H,13H2,1-3H3,(H,24,26)(H,22,23,25). The summed E-state index contributed by atoms with van der Waals surface area (Å²) in [5, 5.41) is 6.03. The van der Waals surface area contributed by atoms with Crippen LogP contribution in [0.15, 0.2) is 54.6 Å². The zero-order valence-electron chi connectivity index (χ0n) is 15.6. The number of aryl methyl sites for hydroxylation is 2. The molecule has 2 N–H and O–H groups in total. The lowest BCUT2D eigenvalue weighted by Gasteiger charge is -2.11. The quantitative estimate of drug-likeness (QED) is 0.694. The van der Waals surface area contributed by atoms with Crippen LogP contribution >= 0.6 is 0 Å². The van der Waals surface area contributed by atoms with Gasteiger partial charge in [0.05, 0.1) is 7.11 Å². The predicted octanol–water partition coefficient (Wildman–Crippen LogP) is 3.97. The van der Waals surface area contributed by atoms with Gasteiger partial charge in [-0.05, 0) is 43.7 Å². The highest BCUT2D eigenvalue weighted by molar-refractivity contribution is 6.03. The van der Waals surface area contributed by atoms with Crippen molar-refractivity contribution in [1.29, 1.82) is 0 Å². The van der Waals surface area contributed by atoms with Gasteiger partial charge in [0.2, 0.25) is 5.95 Å². The molecule has 0 bridgehead atoms. The van der Waals surface area contributed by atoms with Gasteiger partial charge in [0, 0.05) is 23.5 Å². The van der Waals surface area contributed by atoms with E-state index < -0.39 is 0 Å². The number of para-hydroxylation sites is 1. The zero-order valence-corrected chi connectivity index (χ0v) is 15.6. The highest BCUT2D eigenvalue weighted by atomic mass is 16.5. The molecule has 1 amide bonds. The van der Waals surface area contributed by atoms with Crippen LogP contribution in [0.25, 0.3) is 0 Å². The summed E-state index contributed by atoms with van der Waals surface area (Å²) in [6.45, 7) is 4.30. The minimum absolute atomic E-state index is 0.272. The van der Waals surface area contributed by atoms with E-state index in [1.54, 1.807) is 13.2 Å². The lowest BCUT2D eigenvalue weighted by atomic mass is 10.2. The molecule has 6 nitrogen and oxygen atoms in total. The normalized spacial score (nSPS) is 10.3. The largest absolute Gasteiger partial charge is 0.496 e. The number of carbonyl (C=O) groups excluding carboxylic acids is 1. The fraction of sp³-hybridized carbons (Fsp3) is 0.190. The van der Waals surface area contributed by atoms with E-state index in [2.05, 4.69) is 20.6 Å². The van der Waals surface area contributed by atoms with Crippen LogP contribution in [0.2, 0.25) is 0 Å². The molecule has 0 aliphatic rings. The number of rotatable bonds is 6. The van der Waals surface area contributed by atoms with Gasteiger partial charge in [0.15, 0.2) is 0 Å². The highest BCUT2D eigenvalue weighted by Crippen LogP contribution is 2.18. The second kappa shape index (κ2) is 8.31. The number of hydrogen-bond donors (Lipinski definition) is 2. The molecule has 27 heavy (non-hydrogen) atoms. The van der Waals surface area contributed by atoms with Crippen molar-refractivity contribution < 1.29 is 9.53 Å². The fourth-order valence-electron chi connectivity index (χ4n) is 2.71. The number of carbonyl (C=O) groups is 1. The summed E-state index contributed by atoms with van der Waals surface area (Å²) in [6, 6.07) is 17.0. The summed E-state index contributed by atoms with van der Waals surface area (Å²) in [5.41, 5.74) is 3.81. The van der Waals surface area contributed by atoms with Gasteiger partial charge in [-0.2, -0.15) is 0 Å². The maximum absolute atomic E-state index is 12.6. The fourth-order valence-corrected chi connectivity index (χ4v) is 2.71. The van der Waals surface area contributed by atoms with E-state index in [0.29, 0.717) is 23.9 Å². The average molecular weight is 362 g/mol. The smallest absolute Gasteiger partial charge is 0.274 e. The Kier molecular flexibility index (Phi) is 5.66. The third-order valence-electron chi connectivity index (χ3n) is 3.99. The van der Waals surface area contributed by atoms with Crippen molar-refractivity contribution in [1.82, 2.24) is 9.97 Å². The van der Waals surface area contributed by atoms with E-state index in [-0.39, 0.29) is 5.91 Å². The predicted molar refractivity (Wildman–Crippen MR) is 106 cm³/mol. The Labute approximate surface area is 158 Å². The number of anilines is 2. The van der Waals surface area contributed by atoms with Crippen molar-refractivity contribution >= 4 is 17.5 Å². The van der Waals surface area contributed by atoms with Crippen molar-refractivity contribution in [3.05, 3.63) is 77.1 Å². The minimum atomic E-state index is -0.272. The molecule has 0 spiro atoms. The highest BCUT2D eigenvalue weighted by Gasteiger charge is 2.12. The van der Waals surface area contributed by atoms with Crippen LogP contribution < -0.4 is 15.4 Å². The van der Waals surface area contributed by atoms with Gasteiger partial charge < -0.3 is 15.4 Å². The zero-order chi connectivity index (χ0) is 19.2. The first-order chi connectivity index (χ1) is 13.0. The average Bonchev–Trinajstić information content (AvgIpc) is 2.66. The summed E-state index contributed by atoms with van der Waals surface area (Å²) in [6.07, 6.45) is 0. The van der Waals surface area contributed by atoms with Crippen molar-refractivity contribution in [2.45, 2.75) is 20.4 Å². The van der Waals surface area contributed by atoms with Crippen LogP contribution in [0.1, 0.15) is 27.3 Å². The summed E-state index contributed by atoms with van der Waals surface area (Å²) >= 11 is 0. The van der Waals surface area contributed by atoms with E-state index in [1.807, 2.05) is 62.4 Å². The SMILES string of the molecule is COc1ccccc1CNc1nc(C)cc(C(=O)Nc2cccc(C)c2)n1. The molecule has 3 rings (SSSR count). The molecular weight excluding hydrogens is 340 g/mol. The van der Waals surface area contributed by atoms with E-state index in [4.69, 9.17) is 4.74 Å². The molecule has 138 valence electrons.